The lowest BCUT2D eigenvalue weighted by Crippen LogP contribution is -2.60. The molecular weight excluding hydrogens is 571 g/mol. The number of nitrogens with one attached hydrogen (secondary N) is 1. The highest BCUT2D eigenvalue weighted by Crippen LogP contribution is 2.36. The molecule has 14 heteroatoms. The molecule has 0 aromatic heterocycles. The van der Waals surface area contributed by atoms with Gasteiger partial charge in [-0.1, -0.05) is 0 Å². The summed E-state index contributed by atoms with van der Waals surface area (Å²) >= 11 is 0. The van der Waals surface area contributed by atoms with Crippen molar-refractivity contribution in [2.24, 2.45) is 5.92 Å². The number of hydrogen-bond acceptors (Lipinski definition) is 9. The first-order valence-electron chi connectivity index (χ1n) is 13.7. The summed E-state index contributed by atoms with van der Waals surface area (Å²) in [7, 11) is -7.65. The second-order valence-electron chi connectivity index (χ2n) is 13.0. The highest BCUT2D eigenvalue weighted by atomic mass is 28.5. The number of carbonyl (C=O) groups excluding carboxylic acids is 3. The minimum atomic E-state index is -2.96. The Balaban J connectivity index is 2.80. The van der Waals surface area contributed by atoms with Gasteiger partial charge >= 0.3 is 20.7 Å². The molecule has 0 aliphatic heterocycles. The lowest BCUT2D eigenvalue weighted by Gasteiger charge is -2.43. The number of amides is 1. The third-order valence-electron chi connectivity index (χ3n) is 5.59. The van der Waals surface area contributed by atoms with Gasteiger partial charge < -0.3 is 32.2 Å². The number of hydrogen-bond donors (Lipinski definition) is 2. The van der Waals surface area contributed by atoms with Crippen LogP contribution in [-0.4, -0.2) is 82.6 Å². The smallest absolute Gasteiger partial charge is 0.466 e. The molecule has 1 aliphatic rings. The molecule has 0 bridgehead atoms. The molecule has 3 atom stereocenters. The third-order valence-corrected chi connectivity index (χ3v) is 17.6. The predicted molar refractivity (Wildman–Crippen MR) is 160 cm³/mol. The average Bonchev–Trinajstić information content (AvgIpc) is 2.74. The van der Waals surface area contributed by atoms with Crippen LogP contribution in [0.2, 0.25) is 65.0 Å². The van der Waals surface area contributed by atoms with Gasteiger partial charge in [0.05, 0.1) is 19.6 Å². The van der Waals surface area contributed by atoms with Gasteiger partial charge in [-0.2, -0.15) is 0 Å². The van der Waals surface area contributed by atoms with Crippen molar-refractivity contribution >= 4 is 51.6 Å². The van der Waals surface area contributed by atoms with Crippen molar-refractivity contribution in [3.05, 3.63) is 12.2 Å². The van der Waals surface area contributed by atoms with Crippen molar-refractivity contribution in [1.29, 1.82) is 0 Å². The Morgan fingerprint density at radius 1 is 0.872 bits per heavy atom. The van der Waals surface area contributed by atoms with E-state index in [1.807, 2.05) is 0 Å². The van der Waals surface area contributed by atoms with Crippen LogP contribution in [0.4, 0.5) is 0 Å². The zero-order chi connectivity index (χ0) is 30.1. The van der Waals surface area contributed by atoms with Gasteiger partial charge in [-0.25, -0.2) is 4.79 Å². The Hall–Kier alpha value is -1.14. The van der Waals surface area contributed by atoms with Crippen LogP contribution in [0.3, 0.4) is 0 Å². The van der Waals surface area contributed by atoms with E-state index in [0.29, 0.717) is 18.9 Å². The third kappa shape index (κ3) is 16.0. The topological polar surface area (TPSA) is 130 Å². The fourth-order valence-corrected chi connectivity index (χ4v) is 19.2. The van der Waals surface area contributed by atoms with Gasteiger partial charge in [0.1, 0.15) is 6.10 Å². The van der Waals surface area contributed by atoms with Crippen LogP contribution in [-0.2, 0) is 36.2 Å². The largest absolute Gasteiger partial charge is 0.469 e. The summed E-state index contributed by atoms with van der Waals surface area (Å²) < 4.78 is 30.4. The molecule has 2 N–H and O–H groups in total. The summed E-state index contributed by atoms with van der Waals surface area (Å²) in [5.74, 6) is -1.41. The van der Waals surface area contributed by atoms with E-state index in [4.69, 9.17) is 17.1 Å². The van der Waals surface area contributed by atoms with Crippen LogP contribution >= 0.6 is 0 Å². The van der Waals surface area contributed by atoms with E-state index >= 15 is 0 Å². The molecule has 0 aromatic carbocycles. The maximum atomic E-state index is 12.4. The molecule has 226 valence electrons. The number of ether oxygens (including phenoxy) is 2. The standard InChI is InChI=1S/C25H51NO9Si4/c1-31-24(29)14-13-23(28)26-17-15-25(30)32-22-19-20(11-12-21(22)27)16-18-39(33-36(2,3)4,34-37(5,6)7)35-38(8,9)10/h13-14,20-22,27H,11-12,15-19H2,1-10H3,(H,26,28). The van der Waals surface area contributed by atoms with E-state index in [2.05, 4.69) is 69.0 Å². The quantitative estimate of drug-likeness (QED) is 0.157. The summed E-state index contributed by atoms with van der Waals surface area (Å²) in [6.07, 6.45) is 3.42. The Labute approximate surface area is 238 Å². The molecular formula is C25H51NO9Si4. The predicted octanol–water partition coefficient (Wildman–Crippen LogP) is 4.18. The monoisotopic (exact) mass is 621 g/mol. The van der Waals surface area contributed by atoms with E-state index < -0.39 is 63.8 Å². The second kappa shape index (κ2) is 15.2. The van der Waals surface area contributed by atoms with E-state index in [9.17, 15) is 19.5 Å². The van der Waals surface area contributed by atoms with Crippen LogP contribution in [0, 0.1) is 5.92 Å². The molecule has 10 nitrogen and oxygen atoms in total. The average molecular weight is 622 g/mol. The molecule has 3 unspecified atom stereocenters. The van der Waals surface area contributed by atoms with E-state index in [-0.39, 0.29) is 18.9 Å². The summed E-state index contributed by atoms with van der Waals surface area (Å²) in [6, 6.07) is 0.707. The summed E-state index contributed by atoms with van der Waals surface area (Å²) in [4.78, 5) is 35.2. The number of carbonyl (C=O) groups is 3. The lowest BCUT2D eigenvalue weighted by molar-refractivity contribution is -0.159. The molecule has 0 radical (unpaired) electrons. The minimum absolute atomic E-state index is 0.0418. The molecule has 1 aliphatic carbocycles. The van der Waals surface area contributed by atoms with Crippen molar-refractivity contribution in [2.45, 2.75) is 109 Å². The number of aliphatic hydroxyl groups is 1. The highest BCUT2D eigenvalue weighted by molar-refractivity contribution is 6.90. The van der Waals surface area contributed by atoms with Crippen LogP contribution in [0.5, 0.6) is 0 Å². The lowest BCUT2D eigenvalue weighted by atomic mass is 9.84. The van der Waals surface area contributed by atoms with Crippen LogP contribution in [0.25, 0.3) is 0 Å². The van der Waals surface area contributed by atoms with Crippen molar-refractivity contribution in [3.8, 4) is 0 Å². The van der Waals surface area contributed by atoms with Crippen molar-refractivity contribution < 1.29 is 41.3 Å². The van der Waals surface area contributed by atoms with E-state index in [1.165, 1.54) is 7.11 Å². The first-order valence-corrected chi connectivity index (χ1v) is 25.9. The Morgan fingerprint density at radius 3 is 1.90 bits per heavy atom. The number of aliphatic hydroxyl groups excluding tert-OH is 1. The van der Waals surface area contributed by atoms with Gasteiger partial charge in [0.2, 0.25) is 5.91 Å². The first kappa shape index (κ1) is 35.9. The van der Waals surface area contributed by atoms with E-state index in [1.54, 1.807) is 0 Å². The molecule has 0 aromatic rings. The number of methoxy groups -OCH3 is 1. The Morgan fingerprint density at radius 2 is 1.41 bits per heavy atom. The Kier molecular flexibility index (Phi) is 14.0. The van der Waals surface area contributed by atoms with Gasteiger partial charge in [-0.15, -0.1) is 0 Å². The SMILES string of the molecule is COC(=O)C=CC(=O)NCCC(=O)OC1CC(CC[Si](O[Si](C)(C)C)(O[Si](C)(C)C)O[Si](C)(C)C)CCC1O. The molecule has 1 fully saturated rings. The van der Waals surface area contributed by atoms with Crippen LogP contribution < -0.4 is 5.32 Å². The first-order chi connectivity index (χ1) is 17.7. The van der Waals surface area contributed by atoms with Crippen molar-refractivity contribution in [2.75, 3.05) is 13.7 Å². The van der Waals surface area contributed by atoms with E-state index in [0.717, 1.165) is 25.0 Å². The Bertz CT molecular complexity index is 809. The van der Waals surface area contributed by atoms with Gasteiger partial charge in [0.15, 0.2) is 25.0 Å². The highest BCUT2D eigenvalue weighted by Gasteiger charge is 2.50. The molecule has 1 amide bonds. The fraction of sp³-hybridized carbons (Fsp3) is 0.800. The molecule has 1 rings (SSSR count). The number of rotatable bonds is 15. The second-order valence-corrected chi connectivity index (χ2v) is 30.0. The summed E-state index contributed by atoms with van der Waals surface area (Å²) in [5, 5.41) is 13.1. The van der Waals surface area contributed by atoms with Crippen molar-refractivity contribution in [1.82, 2.24) is 5.32 Å². The minimum Gasteiger partial charge on any atom is -0.466 e. The molecule has 0 heterocycles. The molecule has 0 saturated heterocycles. The van der Waals surface area contributed by atoms with Crippen LogP contribution in [0.1, 0.15) is 32.1 Å². The van der Waals surface area contributed by atoms with Crippen LogP contribution in [0.15, 0.2) is 12.2 Å². The molecule has 0 spiro atoms. The zero-order valence-electron chi connectivity index (χ0n) is 25.5. The maximum absolute atomic E-state index is 12.4. The van der Waals surface area contributed by atoms with Gasteiger partial charge in [0.25, 0.3) is 0 Å². The molecule has 39 heavy (non-hydrogen) atoms. The van der Waals surface area contributed by atoms with Gasteiger partial charge in [-0.05, 0) is 90.5 Å². The summed E-state index contributed by atoms with van der Waals surface area (Å²) in [6.45, 7) is 19.6. The van der Waals surface area contributed by atoms with Crippen molar-refractivity contribution in [3.63, 3.8) is 0 Å². The number of esters is 2. The normalized spacial score (nSPS) is 21.1. The molecule has 1 saturated carbocycles. The van der Waals surface area contributed by atoms with Gasteiger partial charge in [-0.3, -0.25) is 9.59 Å². The summed E-state index contributed by atoms with van der Waals surface area (Å²) in [5.41, 5.74) is 0. The van der Waals surface area contributed by atoms with Gasteiger partial charge in [0, 0.05) is 24.7 Å². The fourth-order valence-electron chi connectivity index (χ4n) is 4.37. The maximum Gasteiger partial charge on any atom is 0.469 e. The zero-order valence-corrected chi connectivity index (χ0v) is 29.5.